The predicted octanol–water partition coefficient (Wildman–Crippen LogP) is 25.3. The van der Waals surface area contributed by atoms with Gasteiger partial charge in [-0.2, -0.15) is 0 Å². The minimum Gasteiger partial charge on any atom is -0.462 e. The van der Waals surface area contributed by atoms with E-state index in [9.17, 15) is 43.2 Å². The van der Waals surface area contributed by atoms with Crippen molar-refractivity contribution in [1.29, 1.82) is 0 Å². The number of aliphatic hydroxyl groups is 1. The molecule has 0 aromatic carbocycles. The van der Waals surface area contributed by atoms with Crippen LogP contribution in [0.2, 0.25) is 0 Å². The highest BCUT2D eigenvalue weighted by Crippen LogP contribution is 2.45. The zero-order valence-corrected chi connectivity index (χ0v) is 69.4. The van der Waals surface area contributed by atoms with Gasteiger partial charge in [-0.1, -0.05) is 318 Å². The van der Waals surface area contributed by atoms with Crippen LogP contribution < -0.4 is 0 Å². The summed E-state index contributed by atoms with van der Waals surface area (Å²) >= 11 is 0. The Kier molecular flexibility index (Phi) is 76.5. The van der Waals surface area contributed by atoms with Gasteiger partial charge in [0.25, 0.3) is 0 Å². The molecule has 0 saturated heterocycles. The number of carbonyl (C=O) groups is 4. The topological polar surface area (TPSA) is 237 Å². The van der Waals surface area contributed by atoms with Crippen LogP contribution in [0, 0.1) is 0 Å². The molecule has 19 heteroatoms. The first-order valence-electron chi connectivity index (χ1n) is 42.8. The van der Waals surface area contributed by atoms with E-state index in [1.807, 2.05) is 0 Å². The Morgan fingerprint density at radius 2 is 0.462 bits per heavy atom. The highest BCUT2D eigenvalue weighted by Gasteiger charge is 2.30. The lowest BCUT2D eigenvalue weighted by Gasteiger charge is -2.21. The number of carbonyl (C=O) groups excluding carboxylic acids is 4. The van der Waals surface area contributed by atoms with Gasteiger partial charge in [0.05, 0.1) is 26.4 Å². The molecule has 0 bridgehead atoms. The second-order valence-electron chi connectivity index (χ2n) is 28.8. The molecule has 17 nitrogen and oxygen atoms in total. The number of allylic oxidation sites excluding steroid dienone is 14. The van der Waals surface area contributed by atoms with Crippen LogP contribution in [0.1, 0.15) is 387 Å². The zero-order chi connectivity index (χ0) is 77.4. The Morgan fingerprint density at radius 1 is 0.264 bits per heavy atom. The Labute approximate surface area is 646 Å². The van der Waals surface area contributed by atoms with E-state index in [-0.39, 0.29) is 25.7 Å². The third-order valence-corrected chi connectivity index (χ3v) is 20.2. The van der Waals surface area contributed by atoms with Gasteiger partial charge in [0.15, 0.2) is 12.2 Å². The van der Waals surface area contributed by atoms with Crippen molar-refractivity contribution in [2.45, 2.75) is 406 Å². The molecule has 616 valence electrons. The molecular weight excluding hydrogens is 1380 g/mol. The van der Waals surface area contributed by atoms with Gasteiger partial charge in [-0.25, -0.2) is 9.13 Å². The highest BCUT2D eigenvalue weighted by atomic mass is 31.2. The number of hydrogen-bond donors (Lipinski definition) is 3. The van der Waals surface area contributed by atoms with Crippen LogP contribution in [0.4, 0.5) is 0 Å². The first-order chi connectivity index (χ1) is 51.7. The van der Waals surface area contributed by atoms with Crippen molar-refractivity contribution < 1.29 is 80.2 Å². The van der Waals surface area contributed by atoms with E-state index in [1.165, 1.54) is 128 Å². The van der Waals surface area contributed by atoms with Gasteiger partial charge in [-0.05, 0) is 128 Å². The van der Waals surface area contributed by atoms with Crippen LogP contribution >= 0.6 is 15.6 Å². The third-order valence-electron chi connectivity index (χ3n) is 18.3. The van der Waals surface area contributed by atoms with E-state index >= 15 is 0 Å². The number of aliphatic hydroxyl groups excluding tert-OH is 1. The molecule has 0 aliphatic carbocycles. The highest BCUT2D eigenvalue weighted by molar-refractivity contribution is 7.47. The molecule has 0 aromatic rings. The quantitative estimate of drug-likeness (QED) is 0.0169. The summed E-state index contributed by atoms with van der Waals surface area (Å²) in [6.45, 7) is 4.85. The van der Waals surface area contributed by atoms with Gasteiger partial charge in [0, 0.05) is 25.7 Å². The number of rotatable bonds is 81. The molecule has 0 radical (unpaired) electrons. The maximum absolute atomic E-state index is 13.1. The monoisotopic (exact) mass is 1540 g/mol. The number of esters is 4. The largest absolute Gasteiger partial charge is 0.472 e. The average Bonchev–Trinajstić information content (AvgIpc) is 0.901. The fourth-order valence-corrected chi connectivity index (χ4v) is 13.3. The van der Waals surface area contributed by atoms with Crippen LogP contribution in [0.3, 0.4) is 0 Å². The second-order valence-corrected chi connectivity index (χ2v) is 31.7. The number of unbranched alkanes of at least 4 members (excludes halogenated alkanes) is 41. The van der Waals surface area contributed by atoms with Crippen LogP contribution in [0.25, 0.3) is 0 Å². The molecule has 0 rings (SSSR count). The molecule has 5 unspecified atom stereocenters. The fraction of sp³-hybridized carbons (Fsp3) is 0.793. The molecule has 0 saturated carbocycles. The summed E-state index contributed by atoms with van der Waals surface area (Å²) in [4.78, 5) is 73.2. The van der Waals surface area contributed by atoms with Crippen molar-refractivity contribution in [3.8, 4) is 0 Å². The summed E-state index contributed by atoms with van der Waals surface area (Å²) in [6, 6.07) is 0. The maximum atomic E-state index is 13.1. The molecular formula is C87H156O17P2. The van der Waals surface area contributed by atoms with E-state index in [4.69, 9.17) is 37.0 Å². The van der Waals surface area contributed by atoms with E-state index in [2.05, 4.69) is 113 Å². The van der Waals surface area contributed by atoms with Gasteiger partial charge >= 0.3 is 39.5 Å². The van der Waals surface area contributed by atoms with Crippen molar-refractivity contribution in [2.75, 3.05) is 39.6 Å². The van der Waals surface area contributed by atoms with Crippen molar-refractivity contribution >= 4 is 39.5 Å². The molecule has 0 aliphatic rings. The van der Waals surface area contributed by atoms with Crippen molar-refractivity contribution in [1.82, 2.24) is 0 Å². The summed E-state index contributed by atoms with van der Waals surface area (Å²) in [5.74, 6) is -2.18. The Morgan fingerprint density at radius 3 is 0.745 bits per heavy atom. The van der Waals surface area contributed by atoms with E-state index in [0.29, 0.717) is 25.7 Å². The van der Waals surface area contributed by atoms with Crippen LogP contribution in [-0.4, -0.2) is 96.7 Å². The van der Waals surface area contributed by atoms with Gasteiger partial charge in [0.2, 0.25) is 0 Å². The minimum atomic E-state index is -4.98. The minimum absolute atomic E-state index is 0.0838. The molecule has 0 aromatic heterocycles. The fourth-order valence-electron chi connectivity index (χ4n) is 11.8. The summed E-state index contributed by atoms with van der Waals surface area (Å²) in [5, 5.41) is 10.7. The van der Waals surface area contributed by atoms with Crippen LogP contribution in [0.5, 0.6) is 0 Å². The van der Waals surface area contributed by atoms with Crippen molar-refractivity contribution in [2.24, 2.45) is 0 Å². The number of phosphoric acid groups is 2. The standard InChI is InChI=1S/C87H156O17P2/c1-5-9-13-17-21-25-29-33-36-38-40-42-45-48-51-55-59-63-67-71-84(89)97-77-82(103-86(91)73-69-65-61-57-53-47-32-28-24-20-16-12-8-4)79-101-105(93,94)99-75-81(88)76-100-106(95,96)102-80-83(104-87(92)74-70-66-62-58-54-50-44-35-31-27-23-19-15-11-7-3)78-98-85(90)72-68-64-60-56-52-49-46-43-41-39-37-34-30-26-22-18-14-10-6-2/h21-22,25-26,28,32-34,36-37,40-43,81-83,88H,5-20,23-24,27,29-31,35,38-39,44-80H2,1-4H3,(H,93,94)(H,95,96)/b25-21-,26-22-,32-28-,36-33-,37-34-,42-40-,43-41-. The Balaban J connectivity index is 5.34. The van der Waals surface area contributed by atoms with Crippen LogP contribution in [0.15, 0.2) is 85.1 Å². The lowest BCUT2D eigenvalue weighted by Crippen LogP contribution is -2.30. The average molecular weight is 1540 g/mol. The normalized spacial score (nSPS) is 14.2. The molecule has 0 fully saturated rings. The predicted molar refractivity (Wildman–Crippen MR) is 436 cm³/mol. The van der Waals surface area contributed by atoms with Gasteiger partial charge < -0.3 is 33.8 Å². The summed E-state index contributed by atoms with van der Waals surface area (Å²) < 4.78 is 68.8. The molecule has 0 aliphatic heterocycles. The maximum Gasteiger partial charge on any atom is 0.472 e. The number of ether oxygens (including phenoxy) is 4. The van der Waals surface area contributed by atoms with E-state index in [1.54, 1.807) is 0 Å². The van der Waals surface area contributed by atoms with E-state index in [0.717, 1.165) is 180 Å². The second kappa shape index (κ2) is 79.3. The molecule has 3 N–H and O–H groups in total. The van der Waals surface area contributed by atoms with Gasteiger partial charge in [-0.3, -0.25) is 37.3 Å². The van der Waals surface area contributed by atoms with Gasteiger partial charge in [0.1, 0.15) is 19.3 Å². The van der Waals surface area contributed by atoms with Crippen molar-refractivity contribution in [3.05, 3.63) is 85.1 Å². The molecule has 5 atom stereocenters. The molecule has 0 amide bonds. The lowest BCUT2D eigenvalue weighted by atomic mass is 10.0. The number of phosphoric ester groups is 2. The third kappa shape index (κ3) is 78.4. The molecule has 0 heterocycles. The zero-order valence-electron chi connectivity index (χ0n) is 67.6. The summed E-state index contributed by atoms with van der Waals surface area (Å²) in [5.41, 5.74) is 0. The summed E-state index contributed by atoms with van der Waals surface area (Å²) in [7, 11) is -9.96. The SMILES string of the molecule is CCCCC/C=C\C/C=C\C/C=C\CCCCCCCCC(=O)OCC(COP(=O)(O)OCC(O)COP(=O)(O)OCC(COC(=O)CCCCCCCC/C=C\C/C=C\C/C=C\CCCCC)OC(=O)CCCCCCCCCCCCCCCCC)OC(=O)CCCCCCC/C=C\CCCCCC. The van der Waals surface area contributed by atoms with Crippen LogP contribution in [-0.2, 0) is 65.4 Å². The Hall–Kier alpha value is -3.76. The summed E-state index contributed by atoms with van der Waals surface area (Å²) in [6.07, 6.45) is 83.9. The first kappa shape index (κ1) is 102. The smallest absolute Gasteiger partial charge is 0.462 e. The van der Waals surface area contributed by atoms with Crippen molar-refractivity contribution in [3.63, 3.8) is 0 Å². The molecule has 106 heavy (non-hydrogen) atoms. The Bertz CT molecular complexity index is 2330. The van der Waals surface area contributed by atoms with Gasteiger partial charge in [-0.15, -0.1) is 0 Å². The number of hydrogen-bond acceptors (Lipinski definition) is 15. The first-order valence-corrected chi connectivity index (χ1v) is 45.8. The lowest BCUT2D eigenvalue weighted by molar-refractivity contribution is -0.161. The van der Waals surface area contributed by atoms with E-state index < -0.39 is 97.5 Å². The molecule has 0 spiro atoms.